The molecule has 5 rings (SSSR count). The summed E-state index contributed by atoms with van der Waals surface area (Å²) in [6.45, 7) is 4.09. The Balaban J connectivity index is 1.59. The fourth-order valence-corrected chi connectivity index (χ4v) is 7.90. The zero-order valence-electron chi connectivity index (χ0n) is 37.1. The van der Waals surface area contributed by atoms with Crippen LogP contribution >= 0.6 is 0 Å². The van der Waals surface area contributed by atoms with Crippen LogP contribution in [-0.4, -0.2) is 96.6 Å². The lowest BCUT2D eigenvalue weighted by Gasteiger charge is -2.33. The number of nitrogens with two attached hydrogens (primary N) is 3. The highest BCUT2D eigenvalue weighted by Gasteiger charge is 2.36. The van der Waals surface area contributed by atoms with E-state index < -0.39 is 53.4 Å². The number of likely N-dealkylation sites (N-methyl/N-ethyl adjacent to an activating group) is 1. The number of unbranched alkanes of at least 4 members (excludes halogenated alkanes) is 5. The molecular formula is C47H62N10O7. The summed E-state index contributed by atoms with van der Waals surface area (Å²) in [7, 11) is 1.45. The van der Waals surface area contributed by atoms with E-state index in [0.29, 0.717) is 44.7 Å². The lowest BCUT2D eigenvalue weighted by atomic mass is 9.93. The Labute approximate surface area is 374 Å². The number of rotatable bonds is 20. The van der Waals surface area contributed by atoms with Crippen molar-refractivity contribution in [2.24, 2.45) is 17.2 Å². The number of aromatic nitrogens is 2. The molecular weight excluding hydrogens is 817 g/mol. The molecule has 17 heteroatoms. The second-order valence-electron chi connectivity index (χ2n) is 16.0. The van der Waals surface area contributed by atoms with Crippen LogP contribution in [0.25, 0.3) is 22.0 Å². The summed E-state index contributed by atoms with van der Waals surface area (Å²) in [6, 6.07) is 12.8. The summed E-state index contributed by atoms with van der Waals surface area (Å²) in [5, 5.41) is 17.5. The maximum atomic E-state index is 14.9. The number of carbonyl (C=O) groups is 4. The van der Waals surface area contributed by atoms with Gasteiger partial charge in [0.25, 0.3) is 5.56 Å². The summed E-state index contributed by atoms with van der Waals surface area (Å²) in [6.07, 6.45) is 9.27. The predicted octanol–water partition coefficient (Wildman–Crippen LogP) is 2.92. The average Bonchev–Trinajstić information content (AvgIpc) is 3.29. The fraction of sp³-hybridized carbons (Fsp3) is 0.468. The Morgan fingerprint density at radius 3 is 2.28 bits per heavy atom. The van der Waals surface area contributed by atoms with Gasteiger partial charge in [-0.2, -0.15) is 5.26 Å². The van der Waals surface area contributed by atoms with E-state index in [0.717, 1.165) is 24.8 Å². The number of ether oxygens (including phenoxy) is 2. The first-order valence-electron chi connectivity index (χ1n) is 22.1. The minimum Gasteiger partial charge on any atom is -0.492 e. The third-order valence-electron chi connectivity index (χ3n) is 11.3. The quantitative estimate of drug-likeness (QED) is 0.0553. The van der Waals surface area contributed by atoms with Gasteiger partial charge in [-0.15, -0.1) is 0 Å². The van der Waals surface area contributed by atoms with Crippen LogP contribution in [0.2, 0.25) is 0 Å². The zero-order valence-corrected chi connectivity index (χ0v) is 37.1. The van der Waals surface area contributed by atoms with Gasteiger partial charge in [-0.3, -0.25) is 28.5 Å². The number of nitrogens with zero attached hydrogens (tertiary/aromatic N) is 4. The minimum absolute atomic E-state index is 0.0122. The van der Waals surface area contributed by atoms with Crippen molar-refractivity contribution in [3.8, 4) is 28.7 Å². The molecule has 342 valence electrons. The smallest absolute Gasteiger partial charge is 0.261 e. The normalized spacial score (nSPS) is 16.7. The van der Waals surface area contributed by atoms with Gasteiger partial charge < -0.3 is 47.5 Å². The van der Waals surface area contributed by atoms with Gasteiger partial charge in [-0.25, -0.2) is 4.98 Å². The SMILES string of the molecule is CCCCCCCCc1ccc2c(=O)n([C@@H](CCN)C(=O)N(C)[C@@H]3C(=O)N[C@@H](C)C(=O)N[C@H](C(=O)NCC#N)Cc4ccc(OCCN)c(c4)-c4cc3ccc4OCCN)cnc2c1. The van der Waals surface area contributed by atoms with Crippen LogP contribution in [0.4, 0.5) is 0 Å². The Hall–Kier alpha value is -6.35. The van der Waals surface area contributed by atoms with E-state index in [4.69, 9.17) is 31.9 Å². The summed E-state index contributed by atoms with van der Waals surface area (Å²) >= 11 is 0. The van der Waals surface area contributed by atoms with Gasteiger partial charge >= 0.3 is 0 Å². The molecule has 4 amide bonds. The van der Waals surface area contributed by atoms with Crippen LogP contribution in [-0.2, 0) is 32.0 Å². The fourth-order valence-electron chi connectivity index (χ4n) is 7.90. The molecule has 0 spiro atoms. The van der Waals surface area contributed by atoms with Gasteiger partial charge in [0, 0.05) is 37.7 Å². The number of fused-ring (bicyclic) bond motifs is 6. The molecule has 1 aliphatic rings. The van der Waals surface area contributed by atoms with Crippen LogP contribution < -0.4 is 48.2 Å². The van der Waals surface area contributed by atoms with Gasteiger partial charge in [0.15, 0.2) is 0 Å². The zero-order chi connectivity index (χ0) is 46.2. The van der Waals surface area contributed by atoms with Crippen molar-refractivity contribution in [2.75, 3.05) is 46.4 Å². The van der Waals surface area contributed by atoms with Crippen molar-refractivity contribution in [1.82, 2.24) is 30.4 Å². The molecule has 0 radical (unpaired) electrons. The minimum atomic E-state index is -1.38. The van der Waals surface area contributed by atoms with E-state index in [-0.39, 0.29) is 52.2 Å². The number of nitrogens with one attached hydrogen (secondary N) is 3. The number of hydrogen-bond donors (Lipinski definition) is 6. The summed E-state index contributed by atoms with van der Waals surface area (Å²) in [5.41, 5.74) is 20.9. The molecule has 1 aromatic heterocycles. The van der Waals surface area contributed by atoms with Crippen LogP contribution in [0.3, 0.4) is 0 Å². The molecule has 4 aromatic rings. The van der Waals surface area contributed by atoms with E-state index in [2.05, 4.69) is 27.9 Å². The van der Waals surface area contributed by atoms with Crippen LogP contribution in [0, 0.1) is 11.3 Å². The first-order chi connectivity index (χ1) is 30.9. The average molecular weight is 879 g/mol. The van der Waals surface area contributed by atoms with Crippen molar-refractivity contribution >= 4 is 34.5 Å². The summed E-state index contributed by atoms with van der Waals surface area (Å²) in [5.74, 6) is -1.84. The Kier molecular flexibility index (Phi) is 18.2. The number of carbonyl (C=O) groups excluding carboxylic acids is 4. The van der Waals surface area contributed by atoms with Crippen molar-refractivity contribution in [3.05, 3.63) is 88.0 Å². The molecule has 0 fully saturated rings. The number of nitriles is 1. The number of hydrogen-bond acceptors (Lipinski definition) is 12. The molecule has 2 heterocycles. The van der Waals surface area contributed by atoms with E-state index in [9.17, 15) is 24.0 Å². The molecule has 0 saturated heterocycles. The van der Waals surface area contributed by atoms with E-state index >= 15 is 0 Å². The molecule has 64 heavy (non-hydrogen) atoms. The Morgan fingerprint density at radius 1 is 0.906 bits per heavy atom. The molecule has 4 bridgehead atoms. The standard InChI is InChI=1S/C47H62N10O7/c1-4-5-6-7-8-9-10-31-11-14-34-37(26-31)53-29-57(46(34)61)39(17-18-48)47(62)56(3)42-33-13-16-41(64-24-21-51)36(28-33)35-25-32(12-15-40(35)63-23-20-50)27-38(44(59)52-22-19-49)55-43(58)30(2)54-45(42)60/h11-16,25-26,28-30,38-39,42H,4-10,17-18,20-24,27,48,50-51H2,1-3H3,(H,52,59)(H,54,60)(H,55,58)/t30-,38-,39-,42-/m0/s1. The molecule has 0 unspecified atom stereocenters. The van der Waals surface area contributed by atoms with E-state index in [1.165, 1.54) is 55.4 Å². The molecule has 1 aliphatic heterocycles. The molecule has 4 atom stereocenters. The van der Waals surface area contributed by atoms with Gasteiger partial charge in [-0.1, -0.05) is 57.2 Å². The highest BCUT2D eigenvalue weighted by atomic mass is 16.5. The van der Waals surface area contributed by atoms with Gasteiger partial charge in [-0.05, 0) is 85.8 Å². The molecule has 9 N–H and O–H groups in total. The van der Waals surface area contributed by atoms with Crippen molar-refractivity contribution < 1.29 is 28.7 Å². The monoisotopic (exact) mass is 878 g/mol. The summed E-state index contributed by atoms with van der Waals surface area (Å²) < 4.78 is 13.5. The van der Waals surface area contributed by atoms with Crippen LogP contribution in [0.1, 0.15) is 87.6 Å². The molecule has 0 saturated carbocycles. The topological polar surface area (TPSA) is 263 Å². The molecule has 0 aliphatic carbocycles. The highest BCUT2D eigenvalue weighted by molar-refractivity contribution is 5.95. The third kappa shape index (κ3) is 12.2. The summed E-state index contributed by atoms with van der Waals surface area (Å²) in [4.78, 5) is 76.6. The number of amides is 4. The Morgan fingerprint density at radius 2 is 1.59 bits per heavy atom. The lowest BCUT2D eigenvalue weighted by molar-refractivity contribution is -0.142. The van der Waals surface area contributed by atoms with Gasteiger partial charge in [0.05, 0.1) is 23.3 Å². The first-order valence-corrected chi connectivity index (χ1v) is 22.1. The maximum absolute atomic E-state index is 14.9. The van der Waals surface area contributed by atoms with Crippen molar-refractivity contribution in [2.45, 2.75) is 95.8 Å². The van der Waals surface area contributed by atoms with E-state index in [1.54, 1.807) is 42.5 Å². The third-order valence-corrected chi connectivity index (χ3v) is 11.3. The maximum Gasteiger partial charge on any atom is 0.261 e. The van der Waals surface area contributed by atoms with Gasteiger partial charge in [0.2, 0.25) is 23.6 Å². The molecule has 17 nitrogen and oxygen atoms in total. The lowest BCUT2D eigenvalue weighted by Crippen LogP contribution is -2.55. The number of benzene rings is 3. The highest BCUT2D eigenvalue weighted by Crippen LogP contribution is 2.40. The van der Waals surface area contributed by atoms with Crippen LogP contribution in [0.15, 0.2) is 65.7 Å². The van der Waals surface area contributed by atoms with Crippen molar-refractivity contribution in [3.63, 3.8) is 0 Å². The Bertz CT molecular complexity index is 2360. The largest absolute Gasteiger partial charge is 0.492 e. The first kappa shape index (κ1) is 48.7. The second-order valence-corrected chi connectivity index (χ2v) is 16.0. The van der Waals surface area contributed by atoms with E-state index in [1.807, 2.05) is 18.2 Å². The van der Waals surface area contributed by atoms with Crippen LogP contribution in [0.5, 0.6) is 11.5 Å². The second kappa shape index (κ2) is 23.9. The number of aryl methyl sites for hydroxylation is 1. The predicted molar refractivity (Wildman–Crippen MR) is 244 cm³/mol. The molecule has 3 aromatic carbocycles. The van der Waals surface area contributed by atoms with Gasteiger partial charge in [0.1, 0.15) is 55.4 Å². The van der Waals surface area contributed by atoms with Crippen molar-refractivity contribution in [1.29, 1.82) is 5.26 Å².